The Labute approximate surface area is 120 Å². The van der Waals surface area contributed by atoms with E-state index >= 15 is 0 Å². The molecule has 0 amide bonds. The van der Waals surface area contributed by atoms with Crippen LogP contribution in [0.4, 0.5) is 0 Å². The number of fused-ring (bicyclic) bond motifs is 1. The van der Waals surface area contributed by atoms with Gasteiger partial charge in [0.05, 0.1) is 22.5 Å². The van der Waals surface area contributed by atoms with Crippen molar-refractivity contribution in [1.29, 1.82) is 0 Å². The maximum absolute atomic E-state index is 12.4. The first-order valence-electron chi connectivity index (χ1n) is 6.88. The van der Waals surface area contributed by atoms with Gasteiger partial charge in [-0.15, -0.1) is 0 Å². The predicted octanol–water partition coefficient (Wildman–Crippen LogP) is 0.620. The molecule has 6 nitrogen and oxygen atoms in total. The summed E-state index contributed by atoms with van der Waals surface area (Å²) in [6.07, 6.45) is -0.305. The minimum absolute atomic E-state index is 0.00451. The Morgan fingerprint density at radius 2 is 1.90 bits per heavy atom. The second-order valence-electron chi connectivity index (χ2n) is 6.14. The average Bonchev–Trinajstić information content (AvgIpc) is 2.90. The summed E-state index contributed by atoms with van der Waals surface area (Å²) in [5.74, 6) is -1.34. The number of aromatic hydroxyl groups is 2. The molecule has 6 heteroatoms. The van der Waals surface area contributed by atoms with Crippen molar-refractivity contribution in [2.45, 2.75) is 30.8 Å². The molecular weight excluding hydrogens is 276 g/mol. The summed E-state index contributed by atoms with van der Waals surface area (Å²) in [7, 11) is 0. The van der Waals surface area contributed by atoms with Crippen LogP contribution in [-0.2, 0) is 14.9 Å². The van der Waals surface area contributed by atoms with Gasteiger partial charge in [-0.2, -0.15) is 0 Å². The van der Waals surface area contributed by atoms with Crippen LogP contribution in [-0.4, -0.2) is 39.8 Å². The molecule has 2 aliphatic carbocycles. The lowest BCUT2D eigenvalue weighted by molar-refractivity contribution is -0.146. The highest BCUT2D eigenvalue weighted by atomic mass is 16.5. The zero-order valence-electron chi connectivity index (χ0n) is 11.1. The van der Waals surface area contributed by atoms with Gasteiger partial charge in [0, 0.05) is 12.0 Å². The second-order valence-corrected chi connectivity index (χ2v) is 6.14. The van der Waals surface area contributed by atoms with Crippen LogP contribution < -0.4 is 0 Å². The van der Waals surface area contributed by atoms with Gasteiger partial charge in [-0.3, -0.25) is 9.59 Å². The number of hydrogen-bond acceptors (Lipinski definition) is 6. The van der Waals surface area contributed by atoms with Crippen LogP contribution in [0.1, 0.15) is 35.2 Å². The molecular formula is C15H14O6. The first-order valence-corrected chi connectivity index (χ1v) is 6.88. The van der Waals surface area contributed by atoms with Crippen LogP contribution in [0.5, 0.6) is 11.5 Å². The third-order valence-corrected chi connectivity index (χ3v) is 5.44. The zero-order valence-corrected chi connectivity index (χ0v) is 11.1. The van der Waals surface area contributed by atoms with Crippen LogP contribution in [0.2, 0.25) is 0 Å². The molecule has 0 bridgehead atoms. The monoisotopic (exact) mass is 290 g/mol. The molecule has 0 aromatic heterocycles. The summed E-state index contributed by atoms with van der Waals surface area (Å²) in [4.78, 5) is 24.7. The molecule has 21 heavy (non-hydrogen) atoms. The lowest BCUT2D eigenvalue weighted by atomic mass is 9.56. The summed E-state index contributed by atoms with van der Waals surface area (Å²) in [5, 5.41) is 30.8. The van der Waals surface area contributed by atoms with Crippen LogP contribution >= 0.6 is 0 Å². The number of carbonyl (C=O) groups is 2. The number of benzene rings is 1. The number of carbonyl (C=O) groups excluding carboxylic acids is 2. The Bertz CT molecular complexity index is 696. The first kappa shape index (κ1) is 12.6. The molecule has 1 heterocycles. The second kappa shape index (κ2) is 3.57. The van der Waals surface area contributed by atoms with E-state index < -0.39 is 28.7 Å². The van der Waals surface area contributed by atoms with E-state index in [2.05, 4.69) is 0 Å². The highest BCUT2D eigenvalue weighted by molar-refractivity contribution is 6.07. The van der Waals surface area contributed by atoms with Crippen LogP contribution in [0.15, 0.2) is 12.1 Å². The molecule has 2 fully saturated rings. The highest BCUT2D eigenvalue weighted by Gasteiger charge is 2.73. The molecule has 1 aliphatic heterocycles. The van der Waals surface area contributed by atoms with E-state index in [1.807, 2.05) is 0 Å². The van der Waals surface area contributed by atoms with Gasteiger partial charge in [0.1, 0.15) is 18.1 Å². The molecule has 0 spiro atoms. The van der Waals surface area contributed by atoms with Crippen LogP contribution in [0, 0.1) is 5.41 Å². The molecule has 1 saturated carbocycles. The summed E-state index contributed by atoms with van der Waals surface area (Å²) < 4.78 is 5.17. The van der Waals surface area contributed by atoms with Gasteiger partial charge < -0.3 is 20.1 Å². The molecule has 3 atom stereocenters. The molecule has 4 rings (SSSR count). The van der Waals surface area contributed by atoms with E-state index in [0.29, 0.717) is 12.8 Å². The third-order valence-electron chi connectivity index (χ3n) is 5.44. The number of rotatable bonds is 0. The highest BCUT2D eigenvalue weighted by Crippen LogP contribution is 2.65. The fourth-order valence-electron chi connectivity index (χ4n) is 4.48. The number of phenols is 2. The minimum Gasteiger partial charge on any atom is -0.508 e. The molecule has 3 aliphatic rings. The number of phenolic OH excluding ortho intramolecular Hbond substituents is 2. The molecule has 1 aromatic rings. The lowest BCUT2D eigenvalue weighted by Gasteiger charge is -2.42. The Morgan fingerprint density at radius 1 is 1.19 bits per heavy atom. The van der Waals surface area contributed by atoms with E-state index in [4.69, 9.17) is 4.74 Å². The third kappa shape index (κ3) is 1.15. The number of ether oxygens (including phenoxy) is 1. The quantitative estimate of drug-likeness (QED) is 0.478. The standard InChI is InChI=1S/C15H14O6/c16-7-1-2-8(17)12-11(7)9(18)5-14-4-3-10(19)15(12,14)6-21-13(14)20/h1-2,10,16-17,19H,3-6H2/t10?,14?,15-/m0/s1. The van der Waals surface area contributed by atoms with Crippen molar-refractivity contribution in [2.24, 2.45) is 5.41 Å². The normalized spacial score (nSPS) is 36.9. The molecule has 0 radical (unpaired) electrons. The van der Waals surface area contributed by atoms with Crippen molar-refractivity contribution >= 4 is 11.8 Å². The maximum Gasteiger partial charge on any atom is 0.313 e. The van der Waals surface area contributed by atoms with Gasteiger partial charge in [0.15, 0.2) is 5.78 Å². The van der Waals surface area contributed by atoms with Crippen molar-refractivity contribution in [3.63, 3.8) is 0 Å². The molecule has 110 valence electrons. The fraction of sp³-hybridized carbons (Fsp3) is 0.467. The zero-order chi connectivity index (χ0) is 15.0. The Kier molecular flexibility index (Phi) is 2.15. The average molecular weight is 290 g/mol. The lowest BCUT2D eigenvalue weighted by Crippen LogP contribution is -2.53. The molecule has 1 aromatic carbocycles. The van der Waals surface area contributed by atoms with Crippen LogP contribution in [0.3, 0.4) is 0 Å². The maximum atomic E-state index is 12.4. The number of hydrogen-bond donors (Lipinski definition) is 3. The number of ketones is 1. The van der Waals surface area contributed by atoms with Gasteiger partial charge in [-0.05, 0) is 25.0 Å². The van der Waals surface area contributed by atoms with Gasteiger partial charge in [-0.25, -0.2) is 0 Å². The Hall–Kier alpha value is -2.08. The van der Waals surface area contributed by atoms with E-state index in [0.717, 1.165) is 0 Å². The van der Waals surface area contributed by atoms with Gasteiger partial charge in [0.2, 0.25) is 0 Å². The van der Waals surface area contributed by atoms with Crippen molar-refractivity contribution in [1.82, 2.24) is 0 Å². The summed E-state index contributed by atoms with van der Waals surface area (Å²) >= 11 is 0. The van der Waals surface area contributed by atoms with Crippen molar-refractivity contribution in [2.75, 3.05) is 6.61 Å². The van der Waals surface area contributed by atoms with Gasteiger partial charge in [0.25, 0.3) is 0 Å². The largest absolute Gasteiger partial charge is 0.508 e. The number of aliphatic hydroxyl groups is 1. The number of Topliss-reactive ketones (excluding diaryl/α,β-unsaturated/α-hetero) is 1. The summed E-state index contributed by atoms with van der Waals surface area (Å²) in [6.45, 7) is -0.0791. The van der Waals surface area contributed by atoms with E-state index in [9.17, 15) is 24.9 Å². The predicted molar refractivity (Wildman–Crippen MR) is 69.0 cm³/mol. The van der Waals surface area contributed by atoms with Crippen LogP contribution in [0.25, 0.3) is 0 Å². The van der Waals surface area contributed by atoms with Gasteiger partial charge in [-0.1, -0.05) is 0 Å². The molecule has 2 unspecified atom stereocenters. The molecule has 3 N–H and O–H groups in total. The minimum atomic E-state index is -1.14. The van der Waals surface area contributed by atoms with E-state index in [-0.39, 0.29) is 35.7 Å². The number of esters is 1. The number of cyclic esters (lactones) is 1. The van der Waals surface area contributed by atoms with Crippen molar-refractivity contribution < 1.29 is 29.6 Å². The van der Waals surface area contributed by atoms with Crippen molar-refractivity contribution in [3.05, 3.63) is 23.3 Å². The van der Waals surface area contributed by atoms with Gasteiger partial charge >= 0.3 is 5.97 Å². The van der Waals surface area contributed by atoms with E-state index in [1.54, 1.807) is 0 Å². The fourth-order valence-corrected chi connectivity index (χ4v) is 4.48. The molecule has 1 saturated heterocycles. The summed E-state index contributed by atoms with van der Waals surface area (Å²) in [6, 6.07) is 2.52. The Morgan fingerprint density at radius 3 is 2.67 bits per heavy atom. The van der Waals surface area contributed by atoms with E-state index in [1.165, 1.54) is 12.1 Å². The first-order chi connectivity index (χ1) is 9.94. The number of aliphatic hydroxyl groups excluding tert-OH is 1. The smallest absolute Gasteiger partial charge is 0.313 e. The topological polar surface area (TPSA) is 104 Å². The Balaban J connectivity index is 2.13. The summed E-state index contributed by atoms with van der Waals surface area (Å²) in [5.41, 5.74) is -2.10. The SMILES string of the molecule is O=C1CC23CCC(O)[C@@]2(COC3=O)c2c(O)ccc(O)c21. The van der Waals surface area contributed by atoms with Crippen molar-refractivity contribution in [3.8, 4) is 11.5 Å².